The van der Waals surface area contributed by atoms with Crippen molar-refractivity contribution in [2.75, 3.05) is 6.54 Å². The first-order valence-corrected chi connectivity index (χ1v) is 6.11. The first-order chi connectivity index (χ1) is 8.54. The highest BCUT2D eigenvalue weighted by molar-refractivity contribution is 8.12. The Labute approximate surface area is 109 Å². The molecule has 1 aromatic carbocycles. The number of carbonyl (C=O) groups excluding carboxylic acids is 2. The smallest absolute Gasteiger partial charge is 0.324 e. The fourth-order valence-electron chi connectivity index (χ4n) is 1.20. The van der Waals surface area contributed by atoms with Crippen molar-refractivity contribution in [1.29, 1.82) is 0 Å². The van der Waals surface area contributed by atoms with Gasteiger partial charge in [-0.15, -0.1) is 0 Å². The molecule has 1 N–H and O–H groups in total. The number of nitrogens with zero attached hydrogens (tertiary/aromatic N) is 1. The highest BCUT2D eigenvalue weighted by atomic mass is 32.2. The molecular formula is C12H13NO4S. The van der Waals surface area contributed by atoms with Gasteiger partial charge in [-0.2, -0.15) is 0 Å². The Bertz CT molecular complexity index is 447. The van der Waals surface area contributed by atoms with Crippen LogP contribution in [-0.4, -0.2) is 32.9 Å². The van der Waals surface area contributed by atoms with Crippen LogP contribution in [0.3, 0.4) is 0 Å². The molecule has 0 aliphatic heterocycles. The average Bonchev–Trinajstić information content (AvgIpc) is 2.37. The van der Waals surface area contributed by atoms with Crippen molar-refractivity contribution in [3.8, 4) is 0 Å². The number of hydrogen-bond donors (Lipinski definition) is 1. The number of rotatable bonds is 4. The number of amides is 1. The van der Waals surface area contributed by atoms with Crippen LogP contribution < -0.4 is 0 Å². The van der Waals surface area contributed by atoms with Crippen LogP contribution >= 0.6 is 11.9 Å². The van der Waals surface area contributed by atoms with E-state index in [1.54, 1.807) is 37.3 Å². The summed E-state index contributed by atoms with van der Waals surface area (Å²) in [4.78, 5) is 34.0. The Balaban J connectivity index is 2.74. The molecule has 0 spiro atoms. The molecule has 0 radical (unpaired) electrons. The van der Waals surface area contributed by atoms with Crippen molar-refractivity contribution in [3.05, 3.63) is 35.9 Å². The van der Waals surface area contributed by atoms with E-state index < -0.39 is 12.5 Å². The summed E-state index contributed by atoms with van der Waals surface area (Å²) >= 11 is 0.623. The zero-order valence-corrected chi connectivity index (χ0v) is 10.6. The summed E-state index contributed by atoms with van der Waals surface area (Å²) in [5.74, 6) is -1.53. The molecule has 96 valence electrons. The summed E-state index contributed by atoms with van der Waals surface area (Å²) in [7, 11) is 0. The van der Waals surface area contributed by atoms with E-state index in [0.717, 1.165) is 4.31 Å². The lowest BCUT2D eigenvalue weighted by molar-refractivity contribution is -0.140. The van der Waals surface area contributed by atoms with Crippen LogP contribution in [0, 0.1) is 0 Å². The predicted octanol–water partition coefficient (Wildman–Crippen LogP) is 1.80. The minimum absolute atomic E-state index is 0.155. The second-order valence-corrected chi connectivity index (χ2v) is 4.42. The summed E-state index contributed by atoms with van der Waals surface area (Å²) in [5.41, 5.74) is 0.432. The van der Waals surface area contributed by atoms with Crippen molar-refractivity contribution < 1.29 is 19.5 Å². The molecule has 6 heteroatoms. The minimum Gasteiger partial charge on any atom is -0.480 e. The van der Waals surface area contributed by atoms with E-state index in [-0.39, 0.29) is 17.4 Å². The van der Waals surface area contributed by atoms with Crippen LogP contribution in [0.15, 0.2) is 30.3 Å². The van der Waals surface area contributed by atoms with Crippen LogP contribution in [0.1, 0.15) is 23.7 Å². The molecule has 1 amide bonds. The van der Waals surface area contributed by atoms with Crippen LogP contribution in [0.25, 0.3) is 0 Å². The van der Waals surface area contributed by atoms with Crippen LogP contribution in [0.5, 0.6) is 0 Å². The third-order valence-corrected chi connectivity index (χ3v) is 3.02. The normalized spacial score (nSPS) is 9.83. The maximum Gasteiger partial charge on any atom is 0.324 e. The Morgan fingerprint density at radius 2 is 1.83 bits per heavy atom. The molecule has 0 saturated heterocycles. The molecule has 0 atom stereocenters. The molecule has 1 rings (SSSR count). The predicted molar refractivity (Wildman–Crippen MR) is 68.0 cm³/mol. The topological polar surface area (TPSA) is 74.7 Å². The average molecular weight is 267 g/mol. The number of hydrogen-bond acceptors (Lipinski definition) is 4. The summed E-state index contributed by atoms with van der Waals surface area (Å²) in [6, 6.07) is 8.41. The molecule has 18 heavy (non-hydrogen) atoms. The van der Waals surface area contributed by atoms with Crippen molar-refractivity contribution in [2.45, 2.75) is 13.3 Å². The third kappa shape index (κ3) is 4.21. The molecule has 0 heterocycles. The zero-order chi connectivity index (χ0) is 13.5. The molecule has 5 nitrogen and oxygen atoms in total. The van der Waals surface area contributed by atoms with E-state index in [1.807, 2.05) is 0 Å². The molecule has 0 saturated carbocycles. The van der Waals surface area contributed by atoms with Gasteiger partial charge in [0.05, 0.1) is 0 Å². The Morgan fingerprint density at radius 1 is 1.22 bits per heavy atom. The third-order valence-electron chi connectivity index (χ3n) is 2.06. The lowest BCUT2D eigenvalue weighted by atomic mass is 10.2. The van der Waals surface area contributed by atoms with E-state index in [2.05, 4.69) is 0 Å². The fourth-order valence-corrected chi connectivity index (χ4v) is 2.05. The quantitative estimate of drug-likeness (QED) is 0.842. The summed E-state index contributed by atoms with van der Waals surface area (Å²) in [5, 5.41) is 8.34. The van der Waals surface area contributed by atoms with Gasteiger partial charge in [0.15, 0.2) is 0 Å². The summed E-state index contributed by atoms with van der Waals surface area (Å²) in [6.07, 6.45) is 0.155. The van der Waals surface area contributed by atoms with Gasteiger partial charge in [-0.1, -0.05) is 37.3 Å². The first-order valence-electron chi connectivity index (χ1n) is 5.34. The first kappa shape index (κ1) is 14.2. The van der Waals surface area contributed by atoms with E-state index >= 15 is 0 Å². The zero-order valence-electron chi connectivity index (χ0n) is 9.83. The second kappa shape index (κ2) is 6.80. The van der Waals surface area contributed by atoms with Crippen molar-refractivity contribution in [3.63, 3.8) is 0 Å². The minimum atomic E-state index is -1.15. The van der Waals surface area contributed by atoms with Gasteiger partial charge >= 0.3 is 5.97 Å². The Hall–Kier alpha value is -1.82. The number of carboxylic acid groups (broad SMARTS) is 1. The molecular weight excluding hydrogens is 254 g/mol. The van der Waals surface area contributed by atoms with Crippen LogP contribution in [0.4, 0.5) is 0 Å². The van der Waals surface area contributed by atoms with Gasteiger partial charge in [-0.05, 0) is 0 Å². The number of aliphatic carboxylic acids is 1. The van der Waals surface area contributed by atoms with E-state index in [0.29, 0.717) is 17.5 Å². The lowest BCUT2D eigenvalue weighted by Gasteiger charge is -2.17. The van der Waals surface area contributed by atoms with E-state index in [4.69, 9.17) is 5.11 Å². The van der Waals surface area contributed by atoms with Gasteiger partial charge in [0, 0.05) is 23.9 Å². The standard InChI is InChI=1S/C12H13NO4S/c1-2-10(14)13(8-11(15)16)18-12(17)9-6-4-3-5-7-9/h3-7H,2,8H2,1H3,(H,15,16). The highest BCUT2D eigenvalue weighted by Crippen LogP contribution is 2.18. The Morgan fingerprint density at radius 3 is 2.33 bits per heavy atom. The maximum absolute atomic E-state index is 11.8. The van der Waals surface area contributed by atoms with Gasteiger partial charge in [-0.3, -0.25) is 18.7 Å². The van der Waals surface area contributed by atoms with Gasteiger partial charge < -0.3 is 5.11 Å². The molecule has 0 aromatic heterocycles. The molecule has 0 aliphatic rings. The number of carboxylic acids is 1. The van der Waals surface area contributed by atoms with Crippen LogP contribution in [-0.2, 0) is 9.59 Å². The number of carbonyl (C=O) groups is 3. The van der Waals surface area contributed by atoms with Crippen LogP contribution in [0.2, 0.25) is 0 Å². The molecule has 1 aromatic rings. The molecule has 0 fully saturated rings. The molecule has 0 aliphatic carbocycles. The highest BCUT2D eigenvalue weighted by Gasteiger charge is 2.20. The van der Waals surface area contributed by atoms with Gasteiger partial charge in [-0.25, -0.2) is 0 Å². The van der Waals surface area contributed by atoms with Gasteiger partial charge in [0.2, 0.25) is 11.0 Å². The summed E-state index contributed by atoms with van der Waals surface area (Å²) in [6.45, 7) is 1.13. The van der Waals surface area contributed by atoms with Crippen molar-refractivity contribution >= 4 is 28.9 Å². The Kier molecular flexibility index (Phi) is 5.38. The summed E-state index contributed by atoms with van der Waals surface area (Å²) < 4.78 is 0.970. The van der Waals surface area contributed by atoms with Crippen molar-refractivity contribution in [1.82, 2.24) is 4.31 Å². The molecule has 0 bridgehead atoms. The molecule has 0 unspecified atom stereocenters. The lowest BCUT2D eigenvalue weighted by Crippen LogP contribution is -2.30. The van der Waals surface area contributed by atoms with E-state index in [1.165, 1.54) is 0 Å². The largest absolute Gasteiger partial charge is 0.480 e. The second-order valence-electron chi connectivity index (χ2n) is 3.42. The van der Waals surface area contributed by atoms with Crippen molar-refractivity contribution in [2.24, 2.45) is 0 Å². The maximum atomic E-state index is 11.8. The number of benzene rings is 1. The van der Waals surface area contributed by atoms with E-state index in [9.17, 15) is 14.4 Å². The fraction of sp³-hybridized carbons (Fsp3) is 0.250. The van der Waals surface area contributed by atoms with Gasteiger partial charge in [0.25, 0.3) is 0 Å². The monoisotopic (exact) mass is 267 g/mol. The SMILES string of the molecule is CCC(=O)N(CC(=O)O)SC(=O)c1ccccc1. The van der Waals surface area contributed by atoms with Gasteiger partial charge in [0.1, 0.15) is 6.54 Å².